The van der Waals surface area contributed by atoms with E-state index >= 15 is 0 Å². The van der Waals surface area contributed by atoms with Crippen LogP contribution in [0.5, 0.6) is 0 Å². The van der Waals surface area contributed by atoms with Crippen LogP contribution >= 0.6 is 0 Å². The molecule has 2 unspecified atom stereocenters. The minimum Gasteiger partial charge on any atom is -0.479 e. The number of nitrogens with zero attached hydrogens (tertiary/aromatic N) is 1. The first kappa shape index (κ1) is 12.6. The summed E-state index contributed by atoms with van der Waals surface area (Å²) in [7, 11) is 0. The molecular weight excluding hydrogens is 258 g/mol. The molecule has 5 nitrogen and oxygen atoms in total. The van der Waals surface area contributed by atoms with Crippen molar-refractivity contribution in [2.24, 2.45) is 0 Å². The second kappa shape index (κ2) is 4.31. The first-order chi connectivity index (χ1) is 9.52. The highest BCUT2D eigenvalue weighted by Crippen LogP contribution is 2.39. The van der Waals surface area contributed by atoms with Crippen LogP contribution in [0.15, 0.2) is 36.4 Å². The number of ketones is 1. The Morgan fingerprint density at radius 2 is 1.90 bits per heavy atom. The maximum absolute atomic E-state index is 12.2. The lowest BCUT2D eigenvalue weighted by molar-refractivity contribution is -0.145. The summed E-state index contributed by atoms with van der Waals surface area (Å²) < 4.78 is 0. The monoisotopic (exact) mass is 271 g/mol. The molecule has 102 valence electrons. The molecule has 1 aliphatic rings. The van der Waals surface area contributed by atoms with Crippen LogP contribution < -0.4 is 5.06 Å². The molecular formula is C15H13NO4. The molecule has 2 aromatic carbocycles. The number of hydrogen-bond acceptors (Lipinski definition) is 4. The summed E-state index contributed by atoms with van der Waals surface area (Å²) in [6.07, 6.45) is 0. The van der Waals surface area contributed by atoms with Crippen LogP contribution in [-0.2, 0) is 9.59 Å². The van der Waals surface area contributed by atoms with Gasteiger partial charge >= 0.3 is 5.97 Å². The van der Waals surface area contributed by atoms with Crippen molar-refractivity contribution in [3.05, 3.63) is 42.0 Å². The number of Topliss-reactive ketones (excluding diaryl/α,β-unsaturated/α-hetero) is 1. The molecule has 0 spiro atoms. The highest BCUT2D eigenvalue weighted by molar-refractivity contribution is 6.12. The van der Waals surface area contributed by atoms with E-state index in [2.05, 4.69) is 0 Å². The number of carbonyl (C=O) groups is 2. The van der Waals surface area contributed by atoms with Gasteiger partial charge in [-0.05, 0) is 22.4 Å². The summed E-state index contributed by atoms with van der Waals surface area (Å²) >= 11 is 0. The number of anilines is 1. The van der Waals surface area contributed by atoms with Crippen molar-refractivity contribution in [3.8, 4) is 0 Å². The molecule has 20 heavy (non-hydrogen) atoms. The summed E-state index contributed by atoms with van der Waals surface area (Å²) in [6, 6.07) is 9.43. The fourth-order valence-electron chi connectivity index (χ4n) is 2.80. The molecule has 5 heteroatoms. The molecule has 1 aliphatic heterocycles. The van der Waals surface area contributed by atoms with Crippen molar-refractivity contribution < 1.29 is 19.9 Å². The van der Waals surface area contributed by atoms with Crippen LogP contribution in [0.3, 0.4) is 0 Å². The molecule has 3 rings (SSSR count). The average molecular weight is 271 g/mol. The third kappa shape index (κ3) is 1.60. The number of carboxylic acid groups (broad SMARTS) is 1. The van der Waals surface area contributed by atoms with E-state index < -0.39 is 23.7 Å². The van der Waals surface area contributed by atoms with Crippen LogP contribution in [0, 0.1) is 0 Å². The highest BCUT2D eigenvalue weighted by Gasteiger charge is 2.42. The van der Waals surface area contributed by atoms with E-state index in [0.29, 0.717) is 16.3 Å². The Morgan fingerprint density at radius 1 is 1.20 bits per heavy atom. The van der Waals surface area contributed by atoms with E-state index in [1.807, 2.05) is 24.3 Å². The maximum atomic E-state index is 12.2. The van der Waals surface area contributed by atoms with Crippen molar-refractivity contribution in [2.45, 2.75) is 18.9 Å². The highest BCUT2D eigenvalue weighted by atomic mass is 16.5. The molecule has 0 radical (unpaired) electrons. The first-order valence-electron chi connectivity index (χ1n) is 6.28. The lowest BCUT2D eigenvalue weighted by atomic mass is 9.84. The van der Waals surface area contributed by atoms with Crippen LogP contribution in [0.1, 0.15) is 18.4 Å². The van der Waals surface area contributed by atoms with E-state index in [1.165, 1.54) is 0 Å². The number of hydrogen-bond donors (Lipinski definition) is 2. The number of carbonyl (C=O) groups excluding carboxylic acids is 1. The topological polar surface area (TPSA) is 77.8 Å². The smallest absolute Gasteiger partial charge is 0.336 e. The van der Waals surface area contributed by atoms with Gasteiger partial charge in [0.15, 0.2) is 5.78 Å². The average Bonchev–Trinajstić information content (AvgIpc) is 2.43. The number of rotatable bonds is 1. The Labute approximate surface area is 115 Å². The van der Waals surface area contributed by atoms with E-state index in [4.69, 9.17) is 5.11 Å². The van der Waals surface area contributed by atoms with Gasteiger partial charge < -0.3 is 5.11 Å². The van der Waals surface area contributed by atoms with Crippen molar-refractivity contribution in [1.82, 2.24) is 0 Å². The molecule has 0 fully saturated rings. The standard InChI is InChI=1S/C15H13NO4/c1-8-12-10-5-3-2-4-9(10)6-7-11(12)16(20)13(14(8)17)15(18)19/h2-8,13,20H,1H3,(H,18,19). The van der Waals surface area contributed by atoms with Crippen LogP contribution in [0.2, 0.25) is 0 Å². The number of hydroxylamine groups is 1. The maximum Gasteiger partial charge on any atom is 0.336 e. The molecule has 0 amide bonds. The second-order valence-electron chi connectivity index (χ2n) is 4.93. The van der Waals surface area contributed by atoms with Gasteiger partial charge in [0, 0.05) is 5.92 Å². The predicted molar refractivity (Wildman–Crippen MR) is 73.1 cm³/mol. The Hall–Kier alpha value is -2.40. The van der Waals surface area contributed by atoms with Crippen molar-refractivity contribution in [3.63, 3.8) is 0 Å². The lowest BCUT2D eigenvalue weighted by Crippen LogP contribution is -2.50. The molecule has 0 saturated carbocycles. The van der Waals surface area contributed by atoms with Gasteiger partial charge in [-0.2, -0.15) is 0 Å². The van der Waals surface area contributed by atoms with Crippen molar-refractivity contribution in [1.29, 1.82) is 0 Å². The van der Waals surface area contributed by atoms with Gasteiger partial charge in [0.05, 0.1) is 5.69 Å². The van der Waals surface area contributed by atoms with Crippen LogP contribution in [0.4, 0.5) is 5.69 Å². The minimum absolute atomic E-state index is 0.378. The van der Waals surface area contributed by atoms with Gasteiger partial charge in [0.25, 0.3) is 0 Å². The number of fused-ring (bicyclic) bond motifs is 3. The zero-order valence-corrected chi connectivity index (χ0v) is 10.8. The van der Waals surface area contributed by atoms with Gasteiger partial charge in [-0.15, -0.1) is 0 Å². The fraction of sp³-hybridized carbons (Fsp3) is 0.200. The van der Waals surface area contributed by atoms with Gasteiger partial charge in [-0.25, -0.2) is 9.86 Å². The lowest BCUT2D eigenvalue weighted by Gasteiger charge is -2.34. The Balaban J connectivity index is 2.31. The summed E-state index contributed by atoms with van der Waals surface area (Å²) in [5.41, 5.74) is 1.05. The third-order valence-corrected chi connectivity index (χ3v) is 3.80. The van der Waals surface area contributed by atoms with E-state index in [-0.39, 0.29) is 0 Å². The SMILES string of the molecule is CC1C(=O)C(C(=O)O)N(O)c2ccc3ccccc3c21. The zero-order valence-electron chi connectivity index (χ0n) is 10.8. The molecule has 1 heterocycles. The van der Waals surface area contributed by atoms with Gasteiger partial charge in [-0.1, -0.05) is 37.3 Å². The summed E-state index contributed by atoms with van der Waals surface area (Å²) in [6.45, 7) is 1.68. The molecule has 0 bridgehead atoms. The Kier molecular flexibility index (Phi) is 2.72. The van der Waals surface area contributed by atoms with E-state index in [1.54, 1.807) is 19.1 Å². The van der Waals surface area contributed by atoms with E-state index in [0.717, 1.165) is 10.8 Å². The third-order valence-electron chi connectivity index (χ3n) is 3.80. The largest absolute Gasteiger partial charge is 0.479 e. The molecule has 0 aliphatic carbocycles. The minimum atomic E-state index is -1.54. The Bertz CT molecular complexity index is 725. The second-order valence-corrected chi connectivity index (χ2v) is 4.93. The van der Waals surface area contributed by atoms with Crippen LogP contribution in [-0.4, -0.2) is 28.1 Å². The Morgan fingerprint density at radius 3 is 2.60 bits per heavy atom. The van der Waals surface area contributed by atoms with Gasteiger partial charge in [0.1, 0.15) is 0 Å². The van der Waals surface area contributed by atoms with Gasteiger partial charge in [0.2, 0.25) is 6.04 Å². The molecule has 2 atom stereocenters. The van der Waals surface area contributed by atoms with Crippen LogP contribution in [0.25, 0.3) is 10.8 Å². The van der Waals surface area contributed by atoms with Crippen molar-refractivity contribution >= 4 is 28.2 Å². The quantitative estimate of drug-likeness (QED) is 0.777. The van der Waals surface area contributed by atoms with E-state index in [9.17, 15) is 14.8 Å². The predicted octanol–water partition coefficient (Wildman–Crippen LogP) is 2.17. The molecule has 2 aromatic rings. The summed E-state index contributed by atoms with van der Waals surface area (Å²) in [4.78, 5) is 23.4. The van der Waals surface area contributed by atoms with Gasteiger partial charge in [-0.3, -0.25) is 10.0 Å². The zero-order chi connectivity index (χ0) is 14.4. The summed E-state index contributed by atoms with van der Waals surface area (Å²) in [5.74, 6) is -2.42. The molecule has 0 saturated heterocycles. The van der Waals surface area contributed by atoms with Crippen molar-refractivity contribution in [2.75, 3.05) is 5.06 Å². The first-order valence-corrected chi connectivity index (χ1v) is 6.28. The number of benzene rings is 2. The number of aliphatic carboxylic acids is 1. The number of carboxylic acids is 1. The molecule has 0 aromatic heterocycles. The summed E-state index contributed by atoms with van der Waals surface area (Å²) in [5, 5.41) is 21.6. The normalized spacial score (nSPS) is 21.9. The fourth-order valence-corrected chi connectivity index (χ4v) is 2.80. The molecule has 2 N–H and O–H groups in total.